The predicted molar refractivity (Wildman–Crippen MR) is 96.0 cm³/mol. The molecule has 0 atom stereocenters. The van der Waals surface area contributed by atoms with Gasteiger partial charge in [0, 0.05) is 21.5 Å². The molecule has 124 valence electrons. The van der Waals surface area contributed by atoms with E-state index in [4.69, 9.17) is 20.2 Å². The van der Waals surface area contributed by atoms with Gasteiger partial charge in [-0.2, -0.15) is 0 Å². The molecule has 2 nitrogen and oxygen atoms in total. The number of allylic oxidation sites excluding steroid dienone is 8. The van der Waals surface area contributed by atoms with Crippen molar-refractivity contribution in [2.45, 2.75) is 70.9 Å². The molecule has 1 N–H and O–H groups in total. The zero-order valence-electron chi connectivity index (χ0n) is 23.7. The van der Waals surface area contributed by atoms with Gasteiger partial charge in [0.05, 0.1) is 0 Å². The number of hydrogen-bond acceptors (Lipinski definition) is 1. The number of rotatable bonds is 14. The Morgan fingerprint density at radius 1 is 0.955 bits per heavy atom. The molecule has 0 radical (unpaired) electrons. The molecule has 0 spiro atoms. The van der Waals surface area contributed by atoms with E-state index < -0.39 is 38.3 Å². The second-order valence-electron chi connectivity index (χ2n) is 4.33. The lowest BCUT2D eigenvalue weighted by molar-refractivity contribution is -0.137. The Bertz CT molecular complexity index is 733. The van der Waals surface area contributed by atoms with Crippen LogP contribution in [0.25, 0.3) is 0 Å². The molecule has 0 amide bonds. The molecule has 0 aromatic heterocycles. The van der Waals surface area contributed by atoms with Gasteiger partial charge in [-0.25, -0.2) is 0 Å². The first-order valence-electron chi connectivity index (χ1n) is 12.8. The molecule has 0 bridgehead atoms. The molecule has 0 aromatic carbocycles. The van der Waals surface area contributed by atoms with Gasteiger partial charge in [0.2, 0.25) is 0 Å². The van der Waals surface area contributed by atoms with Crippen LogP contribution in [-0.2, 0) is 4.79 Å². The zero-order chi connectivity index (χ0) is 26.0. The number of carbonyl (C=O) groups is 1. The fourth-order valence-corrected chi connectivity index (χ4v) is 1.44. The Balaban J connectivity index is 4.70. The number of aliphatic carboxylic acids is 1. The third kappa shape index (κ3) is 18.4. The summed E-state index contributed by atoms with van der Waals surface area (Å²) >= 11 is 0. The van der Waals surface area contributed by atoms with Crippen LogP contribution in [0.2, 0.25) is 0 Å². The fraction of sp³-hybridized carbons (Fsp3) is 0.550. The summed E-state index contributed by atoms with van der Waals surface area (Å²) in [6.45, 7) is -3.48. The van der Waals surface area contributed by atoms with Crippen LogP contribution < -0.4 is 0 Å². The minimum atomic E-state index is -3.63. The molecule has 0 fully saturated rings. The number of unbranched alkanes of at least 4 members (excludes halogenated alkanes) is 1. The molecule has 0 rings (SSSR count). The number of carboxylic acids is 1. The van der Waals surface area contributed by atoms with Crippen LogP contribution in [0.15, 0.2) is 48.6 Å². The smallest absolute Gasteiger partial charge is 0.303 e. The van der Waals surface area contributed by atoms with Crippen molar-refractivity contribution in [1.82, 2.24) is 0 Å². The van der Waals surface area contributed by atoms with Crippen molar-refractivity contribution in [3.8, 4) is 0 Å². The lowest BCUT2D eigenvalue weighted by Crippen LogP contribution is -1.92. The molecule has 0 aliphatic rings. The van der Waals surface area contributed by atoms with Crippen molar-refractivity contribution in [1.29, 1.82) is 0 Å². The van der Waals surface area contributed by atoms with Crippen molar-refractivity contribution in [3.05, 3.63) is 48.6 Å². The topological polar surface area (TPSA) is 37.3 Å². The fourth-order valence-electron chi connectivity index (χ4n) is 1.44. The van der Waals surface area contributed by atoms with Gasteiger partial charge in [0.1, 0.15) is 0 Å². The molecule has 0 saturated heterocycles. The summed E-state index contributed by atoms with van der Waals surface area (Å²) < 4.78 is 83.7. The van der Waals surface area contributed by atoms with Gasteiger partial charge < -0.3 is 5.11 Å². The van der Waals surface area contributed by atoms with E-state index in [0.717, 1.165) is 6.08 Å². The summed E-state index contributed by atoms with van der Waals surface area (Å²) in [6, 6.07) is 0. The predicted octanol–water partition coefficient (Wildman–Crippen LogP) is 6.22. The summed E-state index contributed by atoms with van der Waals surface area (Å²) in [6.07, 6.45) is 2.61. The summed E-state index contributed by atoms with van der Waals surface area (Å²) in [7, 11) is 0. The normalized spacial score (nSPS) is 23.0. The van der Waals surface area contributed by atoms with Gasteiger partial charge in [-0.3, -0.25) is 4.79 Å². The average Bonchev–Trinajstić information content (AvgIpc) is 2.66. The van der Waals surface area contributed by atoms with Gasteiger partial charge in [-0.15, -0.1) is 0 Å². The number of hydrogen-bond donors (Lipinski definition) is 1. The largest absolute Gasteiger partial charge is 0.481 e. The van der Waals surface area contributed by atoms with E-state index in [1.165, 1.54) is 6.08 Å². The van der Waals surface area contributed by atoms with Crippen molar-refractivity contribution < 1.29 is 25.0 Å². The highest BCUT2D eigenvalue weighted by atomic mass is 16.4. The molecular weight excluding hydrogens is 272 g/mol. The van der Waals surface area contributed by atoms with E-state index in [1.807, 2.05) is 24.3 Å². The first-order valence-corrected chi connectivity index (χ1v) is 7.26. The SMILES string of the molecule is [2H]C([2H])([2H])C([2H])([2H])C([2H])([2H])C([2H])([2H])C([2H])([2H])/C=C/C/C=C/C/C=C/C/C=C/CCCC(=O)O. The van der Waals surface area contributed by atoms with E-state index in [9.17, 15) is 4.79 Å². The molecule has 0 unspecified atom stereocenters. The molecule has 2 heteroatoms. The second-order valence-corrected chi connectivity index (χ2v) is 4.33. The van der Waals surface area contributed by atoms with Crippen molar-refractivity contribution >= 4 is 5.97 Å². The minimum absolute atomic E-state index is 0.149. The van der Waals surface area contributed by atoms with Gasteiger partial charge >= 0.3 is 5.97 Å². The van der Waals surface area contributed by atoms with Crippen molar-refractivity contribution in [3.63, 3.8) is 0 Å². The van der Waals surface area contributed by atoms with E-state index >= 15 is 0 Å². The Morgan fingerprint density at radius 3 is 2.14 bits per heavy atom. The van der Waals surface area contributed by atoms with Crippen LogP contribution in [0.4, 0.5) is 0 Å². The Hall–Kier alpha value is -1.57. The highest BCUT2D eigenvalue weighted by Gasteiger charge is 1.92. The first kappa shape index (κ1) is 8.33. The van der Waals surface area contributed by atoms with Gasteiger partial charge in [0.25, 0.3) is 0 Å². The monoisotopic (exact) mass is 315 g/mol. The number of carboxylic acid groups (broad SMARTS) is 1. The van der Waals surface area contributed by atoms with E-state index in [1.54, 1.807) is 12.2 Å². The Kier molecular flexibility index (Phi) is 6.62. The quantitative estimate of drug-likeness (QED) is 0.305. The van der Waals surface area contributed by atoms with Crippen LogP contribution in [0, 0.1) is 0 Å². The maximum absolute atomic E-state index is 10.4. The van der Waals surface area contributed by atoms with E-state index in [2.05, 4.69) is 0 Å². The standard InChI is InChI=1S/C20H32O2/c1-2-3-4-5-6-7-8-9-10-11-12-13-14-15-16-17-18-19-20(21)22/h6-7,9-10,12-13,15-16H,2-5,8,11,14,17-19H2,1H3,(H,21,22)/b7-6+,10-9+,13-12+,16-15+/i1D3,2D2,3D2,4D2,5D2. The minimum Gasteiger partial charge on any atom is -0.481 e. The highest BCUT2D eigenvalue weighted by Crippen LogP contribution is 2.01. The van der Waals surface area contributed by atoms with Crippen LogP contribution in [-0.4, -0.2) is 11.1 Å². The molecule has 0 heterocycles. The lowest BCUT2D eigenvalue weighted by atomic mass is 10.2. The molecule has 0 aliphatic heterocycles. The third-order valence-electron chi connectivity index (χ3n) is 2.48. The maximum Gasteiger partial charge on any atom is 0.303 e. The first-order chi connectivity index (χ1) is 14.9. The molecule has 22 heavy (non-hydrogen) atoms. The summed E-state index contributed by atoms with van der Waals surface area (Å²) in [5.41, 5.74) is 0. The molecule has 0 aliphatic carbocycles. The molecular formula is C20H32O2. The van der Waals surface area contributed by atoms with Crippen LogP contribution in [0.5, 0.6) is 0 Å². The molecule has 0 aromatic rings. The van der Waals surface area contributed by atoms with E-state index in [-0.39, 0.29) is 12.8 Å². The summed E-state index contributed by atoms with van der Waals surface area (Å²) in [4.78, 5) is 10.4. The van der Waals surface area contributed by atoms with Gasteiger partial charge in [0.15, 0.2) is 0 Å². The van der Waals surface area contributed by atoms with Crippen LogP contribution in [0.3, 0.4) is 0 Å². The second kappa shape index (κ2) is 17.5. The Morgan fingerprint density at radius 2 is 1.55 bits per heavy atom. The van der Waals surface area contributed by atoms with Crippen LogP contribution >= 0.6 is 0 Å². The molecule has 0 saturated carbocycles. The summed E-state index contributed by atoms with van der Waals surface area (Å²) in [5.74, 6) is -0.808. The summed E-state index contributed by atoms with van der Waals surface area (Å²) in [5, 5.41) is 8.53. The van der Waals surface area contributed by atoms with Gasteiger partial charge in [-0.1, -0.05) is 68.2 Å². The third-order valence-corrected chi connectivity index (χ3v) is 2.48. The Labute approximate surface area is 151 Å². The van der Waals surface area contributed by atoms with Crippen molar-refractivity contribution in [2.24, 2.45) is 0 Å². The lowest BCUT2D eigenvalue weighted by Gasteiger charge is -1.90. The van der Waals surface area contributed by atoms with Crippen LogP contribution in [0.1, 0.15) is 85.9 Å². The highest BCUT2D eigenvalue weighted by molar-refractivity contribution is 5.66. The average molecular weight is 316 g/mol. The maximum atomic E-state index is 10.4. The van der Waals surface area contributed by atoms with E-state index in [0.29, 0.717) is 25.7 Å². The van der Waals surface area contributed by atoms with Gasteiger partial charge in [-0.05, 0) is 44.8 Å². The zero-order valence-corrected chi connectivity index (χ0v) is 12.7. The van der Waals surface area contributed by atoms with Crippen molar-refractivity contribution in [2.75, 3.05) is 0 Å².